The van der Waals surface area contributed by atoms with Crippen molar-refractivity contribution in [3.63, 3.8) is 0 Å². The van der Waals surface area contributed by atoms with Gasteiger partial charge in [-0.15, -0.1) is 0 Å². The molecule has 0 aliphatic carbocycles. The minimum atomic E-state index is -0.446. The van der Waals surface area contributed by atoms with Crippen LogP contribution >= 0.6 is 0 Å². The molecule has 1 amide bonds. The second kappa shape index (κ2) is 4.15. The number of aromatic nitrogens is 2. The molecule has 0 aliphatic rings. The fourth-order valence-electron chi connectivity index (χ4n) is 1.28. The molecule has 1 unspecified atom stereocenters. The zero-order valence-corrected chi connectivity index (χ0v) is 10.4. The first-order chi connectivity index (χ1) is 7.21. The number of hydrogen-bond acceptors (Lipinski definition) is 3. The predicted octanol–water partition coefficient (Wildman–Crippen LogP) is 1.35. The number of carbonyl (C=O) groups is 1. The molecule has 1 heterocycles. The first-order valence-electron chi connectivity index (χ1n) is 5.25. The molecule has 5 nitrogen and oxygen atoms in total. The monoisotopic (exact) mass is 225 g/mol. The quantitative estimate of drug-likeness (QED) is 0.798. The topological polar surface area (TPSA) is 67.2 Å². The lowest BCUT2D eigenvalue weighted by molar-refractivity contribution is -0.129. The maximum absolute atomic E-state index is 11.7. The fraction of sp³-hybridized carbons (Fsp3) is 0.636. The van der Waals surface area contributed by atoms with Crippen molar-refractivity contribution < 1.29 is 9.90 Å². The third kappa shape index (κ3) is 2.74. The van der Waals surface area contributed by atoms with Crippen LogP contribution in [-0.2, 0) is 11.8 Å². The van der Waals surface area contributed by atoms with E-state index < -0.39 is 5.41 Å². The normalized spacial score (nSPS) is 13.6. The average molecular weight is 225 g/mol. The van der Waals surface area contributed by atoms with Crippen molar-refractivity contribution >= 4 is 5.91 Å². The van der Waals surface area contributed by atoms with Crippen molar-refractivity contribution in [2.75, 3.05) is 0 Å². The summed E-state index contributed by atoms with van der Waals surface area (Å²) < 4.78 is 1.52. The van der Waals surface area contributed by atoms with Crippen molar-refractivity contribution in [2.45, 2.75) is 33.7 Å². The van der Waals surface area contributed by atoms with Crippen molar-refractivity contribution in [1.82, 2.24) is 15.1 Å². The first kappa shape index (κ1) is 12.5. The number of nitrogens with zero attached hydrogens (tertiary/aromatic N) is 2. The van der Waals surface area contributed by atoms with Crippen LogP contribution in [0, 0.1) is 5.41 Å². The SMILES string of the molecule is CC(NC(=O)C(C)(C)C)c1nn(C)cc1O. The molecule has 0 radical (unpaired) electrons. The summed E-state index contributed by atoms with van der Waals surface area (Å²) in [6.45, 7) is 7.32. The smallest absolute Gasteiger partial charge is 0.225 e. The van der Waals surface area contributed by atoms with Crippen LogP contribution in [0.1, 0.15) is 39.4 Å². The van der Waals surface area contributed by atoms with Crippen LogP contribution in [0.5, 0.6) is 5.75 Å². The van der Waals surface area contributed by atoms with Gasteiger partial charge in [-0.05, 0) is 6.92 Å². The highest BCUT2D eigenvalue weighted by Gasteiger charge is 2.24. The molecule has 5 heteroatoms. The van der Waals surface area contributed by atoms with Crippen LogP contribution in [-0.4, -0.2) is 20.8 Å². The summed E-state index contributed by atoms with van der Waals surface area (Å²) in [6, 6.07) is -0.298. The summed E-state index contributed by atoms with van der Waals surface area (Å²) in [5.41, 5.74) is 0.0404. The second-order valence-electron chi connectivity index (χ2n) is 5.02. The van der Waals surface area contributed by atoms with Crippen LogP contribution in [0.3, 0.4) is 0 Å². The maximum atomic E-state index is 11.7. The van der Waals surface area contributed by atoms with Crippen LogP contribution in [0.2, 0.25) is 0 Å². The molecule has 0 aliphatic heterocycles. The molecule has 0 spiro atoms. The number of nitrogens with one attached hydrogen (secondary N) is 1. The Bertz CT molecular complexity index is 390. The zero-order chi connectivity index (χ0) is 12.5. The Balaban J connectivity index is 2.77. The highest BCUT2D eigenvalue weighted by atomic mass is 16.3. The summed E-state index contributed by atoms with van der Waals surface area (Å²) in [6.07, 6.45) is 1.51. The van der Waals surface area contributed by atoms with E-state index in [2.05, 4.69) is 10.4 Å². The number of amides is 1. The number of aryl methyl sites for hydroxylation is 1. The van der Waals surface area contributed by atoms with E-state index in [1.54, 1.807) is 14.0 Å². The van der Waals surface area contributed by atoms with Crippen molar-refractivity contribution in [3.05, 3.63) is 11.9 Å². The molecule has 90 valence electrons. The molecule has 1 aromatic rings. The van der Waals surface area contributed by atoms with E-state index in [9.17, 15) is 9.90 Å². The van der Waals surface area contributed by atoms with E-state index in [0.717, 1.165) is 0 Å². The molecule has 0 aromatic carbocycles. The minimum absolute atomic E-state index is 0.0648. The van der Waals surface area contributed by atoms with Crippen molar-refractivity contribution in [3.8, 4) is 5.75 Å². The molecule has 1 rings (SSSR count). The van der Waals surface area contributed by atoms with Gasteiger partial charge in [0.1, 0.15) is 5.69 Å². The van der Waals surface area contributed by atoms with E-state index in [-0.39, 0.29) is 17.7 Å². The maximum Gasteiger partial charge on any atom is 0.225 e. The van der Waals surface area contributed by atoms with Gasteiger partial charge in [0.05, 0.1) is 12.2 Å². The van der Waals surface area contributed by atoms with E-state index in [1.807, 2.05) is 20.8 Å². The second-order valence-corrected chi connectivity index (χ2v) is 5.02. The van der Waals surface area contributed by atoms with E-state index in [1.165, 1.54) is 10.9 Å². The molecule has 0 saturated carbocycles. The zero-order valence-electron chi connectivity index (χ0n) is 10.4. The van der Waals surface area contributed by atoms with Gasteiger partial charge in [0, 0.05) is 12.5 Å². The van der Waals surface area contributed by atoms with Gasteiger partial charge in [0.15, 0.2) is 5.75 Å². The van der Waals surface area contributed by atoms with Gasteiger partial charge in [-0.2, -0.15) is 5.10 Å². The van der Waals surface area contributed by atoms with Gasteiger partial charge < -0.3 is 10.4 Å². The molecular formula is C11H19N3O2. The molecule has 0 fully saturated rings. The Labute approximate surface area is 95.5 Å². The van der Waals surface area contributed by atoms with Gasteiger partial charge in [0.2, 0.25) is 5.91 Å². The Morgan fingerprint density at radius 3 is 2.50 bits per heavy atom. The van der Waals surface area contributed by atoms with Crippen LogP contribution < -0.4 is 5.32 Å². The van der Waals surface area contributed by atoms with Crippen LogP contribution in [0.25, 0.3) is 0 Å². The van der Waals surface area contributed by atoms with E-state index in [4.69, 9.17) is 0 Å². The Morgan fingerprint density at radius 1 is 1.56 bits per heavy atom. The average Bonchev–Trinajstić information content (AvgIpc) is 2.43. The molecular weight excluding hydrogens is 206 g/mol. The standard InChI is InChI=1S/C11H19N3O2/c1-7(12-10(16)11(2,3)4)9-8(15)6-14(5)13-9/h6-7,15H,1-5H3,(H,12,16). The molecule has 2 N–H and O–H groups in total. The number of rotatable bonds is 2. The van der Waals surface area contributed by atoms with Gasteiger partial charge >= 0.3 is 0 Å². The summed E-state index contributed by atoms with van der Waals surface area (Å²) in [5, 5.41) is 16.5. The third-order valence-electron chi connectivity index (χ3n) is 2.28. The number of hydrogen-bond donors (Lipinski definition) is 2. The molecule has 0 bridgehead atoms. The van der Waals surface area contributed by atoms with E-state index in [0.29, 0.717) is 5.69 Å². The Hall–Kier alpha value is -1.52. The Morgan fingerprint density at radius 2 is 2.12 bits per heavy atom. The lowest BCUT2D eigenvalue weighted by atomic mass is 9.95. The highest BCUT2D eigenvalue weighted by molar-refractivity contribution is 5.81. The summed E-state index contributed by atoms with van der Waals surface area (Å²) in [5.74, 6) is 0.0364. The highest BCUT2D eigenvalue weighted by Crippen LogP contribution is 2.23. The largest absolute Gasteiger partial charge is 0.504 e. The van der Waals surface area contributed by atoms with Crippen LogP contribution in [0.4, 0.5) is 0 Å². The minimum Gasteiger partial charge on any atom is -0.504 e. The van der Waals surface area contributed by atoms with Crippen molar-refractivity contribution in [2.24, 2.45) is 12.5 Å². The Kier molecular flexibility index (Phi) is 3.26. The van der Waals surface area contributed by atoms with Gasteiger partial charge in [-0.3, -0.25) is 9.48 Å². The third-order valence-corrected chi connectivity index (χ3v) is 2.28. The van der Waals surface area contributed by atoms with Gasteiger partial charge in [0.25, 0.3) is 0 Å². The number of carbonyl (C=O) groups excluding carboxylic acids is 1. The summed E-state index contributed by atoms with van der Waals surface area (Å²) >= 11 is 0. The fourth-order valence-corrected chi connectivity index (χ4v) is 1.28. The summed E-state index contributed by atoms with van der Waals surface area (Å²) in [7, 11) is 1.72. The molecule has 16 heavy (non-hydrogen) atoms. The lowest BCUT2D eigenvalue weighted by Crippen LogP contribution is -2.36. The first-order valence-corrected chi connectivity index (χ1v) is 5.25. The molecule has 1 atom stereocenters. The summed E-state index contributed by atoms with van der Waals surface area (Å²) in [4.78, 5) is 11.7. The van der Waals surface area contributed by atoms with Gasteiger partial charge in [-0.1, -0.05) is 20.8 Å². The van der Waals surface area contributed by atoms with E-state index >= 15 is 0 Å². The van der Waals surface area contributed by atoms with Gasteiger partial charge in [-0.25, -0.2) is 0 Å². The predicted molar refractivity (Wildman–Crippen MR) is 60.9 cm³/mol. The van der Waals surface area contributed by atoms with Crippen molar-refractivity contribution in [1.29, 1.82) is 0 Å². The van der Waals surface area contributed by atoms with Crippen LogP contribution in [0.15, 0.2) is 6.20 Å². The molecule has 0 saturated heterocycles. The molecule has 1 aromatic heterocycles. The lowest BCUT2D eigenvalue weighted by Gasteiger charge is -2.20. The number of aromatic hydroxyl groups is 1.